The Morgan fingerprint density at radius 3 is 2.68 bits per heavy atom. The van der Waals surface area contributed by atoms with Gasteiger partial charge in [0.2, 0.25) is 5.91 Å². The average molecular weight is 268 g/mol. The van der Waals surface area contributed by atoms with Crippen molar-refractivity contribution in [2.75, 3.05) is 33.4 Å². The van der Waals surface area contributed by atoms with Crippen molar-refractivity contribution in [3.8, 4) is 0 Å². The Morgan fingerprint density at radius 1 is 1.42 bits per heavy atom. The van der Waals surface area contributed by atoms with Crippen LogP contribution in [0.25, 0.3) is 0 Å². The Bertz CT molecular complexity index is 293. The normalized spacial score (nSPS) is 28.8. The van der Waals surface area contributed by atoms with Gasteiger partial charge in [-0.3, -0.25) is 4.79 Å². The molecule has 1 amide bonds. The van der Waals surface area contributed by atoms with E-state index in [0.717, 1.165) is 64.8 Å². The molecule has 1 N–H and O–H groups in total. The number of methoxy groups -OCH3 is 1. The van der Waals surface area contributed by atoms with Crippen molar-refractivity contribution in [3.63, 3.8) is 0 Å². The second-order valence-electron chi connectivity index (χ2n) is 6.05. The number of likely N-dealkylation sites (tertiary alicyclic amines) is 1. The summed E-state index contributed by atoms with van der Waals surface area (Å²) >= 11 is 0. The molecule has 2 saturated heterocycles. The molecule has 0 spiro atoms. The topological polar surface area (TPSA) is 41.6 Å². The maximum atomic E-state index is 12.8. The molecule has 1 unspecified atom stereocenters. The molecule has 0 saturated carbocycles. The highest BCUT2D eigenvalue weighted by molar-refractivity contribution is 5.86. The number of hydrogen-bond acceptors (Lipinski definition) is 3. The highest BCUT2D eigenvalue weighted by Crippen LogP contribution is 2.29. The van der Waals surface area contributed by atoms with Gasteiger partial charge in [-0.1, -0.05) is 13.3 Å². The minimum absolute atomic E-state index is 0.247. The Kier molecular flexibility index (Phi) is 5.22. The smallest absolute Gasteiger partial charge is 0.242 e. The molecule has 0 aromatic carbocycles. The van der Waals surface area contributed by atoms with Crippen LogP contribution in [0.4, 0.5) is 0 Å². The molecule has 1 atom stereocenters. The van der Waals surface area contributed by atoms with Crippen LogP contribution in [0.15, 0.2) is 0 Å². The predicted octanol–water partition coefficient (Wildman–Crippen LogP) is 1.79. The maximum absolute atomic E-state index is 12.8. The van der Waals surface area contributed by atoms with E-state index in [1.54, 1.807) is 7.11 Å². The van der Waals surface area contributed by atoms with Gasteiger partial charge in [0, 0.05) is 26.8 Å². The first-order valence-electron chi connectivity index (χ1n) is 7.75. The molecule has 2 aliphatic heterocycles. The van der Waals surface area contributed by atoms with Crippen molar-refractivity contribution >= 4 is 5.91 Å². The third kappa shape index (κ3) is 3.29. The van der Waals surface area contributed by atoms with Crippen LogP contribution in [0, 0.1) is 5.92 Å². The predicted molar refractivity (Wildman–Crippen MR) is 76.1 cm³/mol. The second kappa shape index (κ2) is 6.71. The first kappa shape index (κ1) is 14.8. The largest absolute Gasteiger partial charge is 0.384 e. The minimum atomic E-state index is -0.247. The fraction of sp³-hybridized carbons (Fsp3) is 0.933. The maximum Gasteiger partial charge on any atom is 0.242 e. The number of hydrogen-bond donors (Lipinski definition) is 1. The number of rotatable bonds is 5. The lowest BCUT2D eigenvalue weighted by atomic mass is 9.88. The standard InChI is InChI=1S/C15H28N2O2/c1-3-7-15(8-4-9-16-15)14(18)17-10-5-13(6-11-17)12-19-2/h13,16H,3-12H2,1-2H3. The van der Waals surface area contributed by atoms with Crippen LogP contribution in [0.1, 0.15) is 45.4 Å². The molecule has 2 rings (SSSR count). The third-order valence-corrected chi connectivity index (χ3v) is 4.63. The van der Waals surface area contributed by atoms with E-state index < -0.39 is 0 Å². The second-order valence-corrected chi connectivity index (χ2v) is 6.05. The molecule has 0 aliphatic carbocycles. The average Bonchev–Trinajstić information content (AvgIpc) is 2.89. The highest BCUT2D eigenvalue weighted by Gasteiger charge is 2.43. The number of nitrogens with zero attached hydrogens (tertiary/aromatic N) is 1. The van der Waals surface area contributed by atoms with Crippen LogP contribution >= 0.6 is 0 Å². The first-order valence-corrected chi connectivity index (χ1v) is 7.75. The van der Waals surface area contributed by atoms with E-state index in [9.17, 15) is 4.79 Å². The van der Waals surface area contributed by atoms with Gasteiger partial charge in [-0.2, -0.15) is 0 Å². The van der Waals surface area contributed by atoms with Crippen LogP contribution in [-0.4, -0.2) is 49.7 Å². The van der Waals surface area contributed by atoms with E-state index in [1.165, 1.54) is 0 Å². The quantitative estimate of drug-likeness (QED) is 0.826. The third-order valence-electron chi connectivity index (χ3n) is 4.63. The van der Waals surface area contributed by atoms with E-state index in [-0.39, 0.29) is 5.54 Å². The lowest BCUT2D eigenvalue weighted by Crippen LogP contribution is -2.56. The Labute approximate surface area is 116 Å². The molecule has 2 heterocycles. The summed E-state index contributed by atoms with van der Waals surface area (Å²) in [6.45, 7) is 5.80. The molecule has 2 aliphatic rings. The minimum Gasteiger partial charge on any atom is -0.384 e. The zero-order valence-electron chi connectivity index (χ0n) is 12.4. The van der Waals surface area contributed by atoms with Gasteiger partial charge in [0.15, 0.2) is 0 Å². The molecule has 4 nitrogen and oxygen atoms in total. The van der Waals surface area contributed by atoms with Crippen molar-refractivity contribution in [1.82, 2.24) is 10.2 Å². The molecule has 0 bridgehead atoms. The fourth-order valence-electron chi connectivity index (χ4n) is 3.58. The molecule has 0 radical (unpaired) electrons. The number of carbonyl (C=O) groups excluding carboxylic acids is 1. The molecule has 19 heavy (non-hydrogen) atoms. The van der Waals surface area contributed by atoms with Gasteiger partial charge in [0.1, 0.15) is 0 Å². The zero-order chi connectivity index (χ0) is 13.7. The summed E-state index contributed by atoms with van der Waals surface area (Å²) in [5.41, 5.74) is -0.247. The summed E-state index contributed by atoms with van der Waals surface area (Å²) in [6.07, 6.45) is 6.36. The lowest BCUT2D eigenvalue weighted by molar-refractivity contribution is -0.140. The molecule has 2 fully saturated rings. The van der Waals surface area contributed by atoms with Crippen molar-refractivity contribution in [2.45, 2.75) is 51.0 Å². The van der Waals surface area contributed by atoms with E-state index in [1.807, 2.05) is 0 Å². The van der Waals surface area contributed by atoms with Gasteiger partial charge in [-0.05, 0) is 44.6 Å². The Hall–Kier alpha value is -0.610. The fourth-order valence-corrected chi connectivity index (χ4v) is 3.58. The van der Waals surface area contributed by atoms with Crippen molar-refractivity contribution < 1.29 is 9.53 Å². The SMILES string of the molecule is CCCC1(C(=O)N2CCC(COC)CC2)CCCN1. The van der Waals surface area contributed by atoms with Crippen molar-refractivity contribution in [3.05, 3.63) is 0 Å². The van der Waals surface area contributed by atoms with E-state index in [4.69, 9.17) is 4.74 Å². The summed E-state index contributed by atoms with van der Waals surface area (Å²) < 4.78 is 5.22. The van der Waals surface area contributed by atoms with Gasteiger partial charge in [-0.15, -0.1) is 0 Å². The molecule has 0 aromatic rings. The van der Waals surface area contributed by atoms with Crippen LogP contribution < -0.4 is 5.32 Å². The van der Waals surface area contributed by atoms with Crippen molar-refractivity contribution in [1.29, 1.82) is 0 Å². The highest BCUT2D eigenvalue weighted by atomic mass is 16.5. The number of carbonyl (C=O) groups is 1. The molecule has 4 heteroatoms. The first-order chi connectivity index (χ1) is 9.22. The number of piperidine rings is 1. The summed E-state index contributed by atoms with van der Waals surface area (Å²) in [7, 11) is 1.76. The molecular weight excluding hydrogens is 240 g/mol. The Morgan fingerprint density at radius 2 is 2.16 bits per heavy atom. The van der Waals surface area contributed by atoms with E-state index >= 15 is 0 Å². The van der Waals surface area contributed by atoms with Gasteiger partial charge >= 0.3 is 0 Å². The lowest BCUT2D eigenvalue weighted by Gasteiger charge is -2.38. The van der Waals surface area contributed by atoms with Gasteiger partial charge < -0.3 is 15.0 Å². The summed E-state index contributed by atoms with van der Waals surface area (Å²) in [4.78, 5) is 14.9. The Balaban J connectivity index is 1.92. The monoisotopic (exact) mass is 268 g/mol. The van der Waals surface area contributed by atoms with Gasteiger partial charge in [-0.25, -0.2) is 0 Å². The zero-order valence-corrected chi connectivity index (χ0v) is 12.4. The number of amides is 1. The molecular formula is C15H28N2O2. The van der Waals surface area contributed by atoms with E-state index in [2.05, 4.69) is 17.1 Å². The molecule has 110 valence electrons. The number of nitrogens with one attached hydrogen (secondary N) is 1. The van der Waals surface area contributed by atoms with Crippen LogP contribution in [-0.2, 0) is 9.53 Å². The summed E-state index contributed by atoms with van der Waals surface area (Å²) in [6, 6.07) is 0. The summed E-state index contributed by atoms with van der Waals surface area (Å²) in [5, 5.41) is 3.49. The van der Waals surface area contributed by atoms with Crippen LogP contribution in [0.2, 0.25) is 0 Å². The van der Waals surface area contributed by atoms with Crippen LogP contribution in [0.5, 0.6) is 0 Å². The van der Waals surface area contributed by atoms with E-state index in [0.29, 0.717) is 11.8 Å². The molecule has 0 aromatic heterocycles. The summed E-state index contributed by atoms with van der Waals surface area (Å²) in [5.74, 6) is 0.982. The van der Waals surface area contributed by atoms with Gasteiger partial charge in [0.05, 0.1) is 5.54 Å². The van der Waals surface area contributed by atoms with Crippen molar-refractivity contribution in [2.24, 2.45) is 5.92 Å². The van der Waals surface area contributed by atoms with Gasteiger partial charge in [0.25, 0.3) is 0 Å². The number of ether oxygens (including phenoxy) is 1. The van der Waals surface area contributed by atoms with Crippen LogP contribution in [0.3, 0.4) is 0 Å².